The van der Waals surface area contributed by atoms with Crippen molar-refractivity contribution in [3.63, 3.8) is 0 Å². The van der Waals surface area contributed by atoms with Crippen molar-refractivity contribution in [1.82, 2.24) is 30.2 Å². The van der Waals surface area contributed by atoms with Crippen molar-refractivity contribution in [2.75, 3.05) is 5.32 Å². The monoisotopic (exact) mass is 427 g/mol. The molecule has 32 heavy (non-hydrogen) atoms. The number of anilines is 1. The summed E-state index contributed by atoms with van der Waals surface area (Å²) in [4.78, 5) is 5.27. The number of imidazole rings is 1. The number of tetrazole rings is 1. The molecule has 0 bridgehead atoms. The van der Waals surface area contributed by atoms with Gasteiger partial charge in [0.2, 0.25) is 0 Å². The highest BCUT2D eigenvalue weighted by atomic mass is 15.5. The summed E-state index contributed by atoms with van der Waals surface area (Å²) >= 11 is 0. The molecule has 6 rings (SSSR count). The van der Waals surface area contributed by atoms with Crippen LogP contribution in [-0.4, -0.2) is 36.2 Å². The fourth-order valence-corrected chi connectivity index (χ4v) is 5.61. The van der Waals surface area contributed by atoms with Crippen molar-refractivity contribution in [2.24, 2.45) is 0 Å². The second-order valence-electron chi connectivity index (χ2n) is 9.40. The van der Waals surface area contributed by atoms with Crippen LogP contribution in [0.3, 0.4) is 0 Å². The normalized spacial score (nSPS) is 23.1. The molecule has 3 heterocycles. The second kappa shape index (κ2) is 8.04. The molecule has 0 spiro atoms. The summed E-state index contributed by atoms with van der Waals surface area (Å²) in [5.74, 6) is 2.53. The van der Waals surface area contributed by atoms with Crippen molar-refractivity contribution in [3.05, 3.63) is 65.2 Å². The molecular formula is C25H29N7. The van der Waals surface area contributed by atoms with Gasteiger partial charge in [-0.3, -0.25) is 0 Å². The molecule has 1 aliphatic carbocycles. The number of nitrogens with zero attached hydrogens (tertiary/aromatic N) is 5. The van der Waals surface area contributed by atoms with E-state index < -0.39 is 0 Å². The summed E-state index contributed by atoms with van der Waals surface area (Å²) in [7, 11) is 0. The quantitative estimate of drug-likeness (QED) is 0.489. The van der Waals surface area contributed by atoms with E-state index in [0.717, 1.165) is 50.8 Å². The molecule has 7 heteroatoms. The highest BCUT2D eigenvalue weighted by Crippen LogP contribution is 2.40. The molecule has 4 aromatic rings. The summed E-state index contributed by atoms with van der Waals surface area (Å²) in [5, 5.41) is 18.3. The number of hydrogen-bond acceptors (Lipinski definition) is 5. The lowest BCUT2D eigenvalue weighted by atomic mass is 9.85. The maximum atomic E-state index is 5.27. The molecule has 2 aromatic carbocycles. The zero-order chi connectivity index (χ0) is 21.5. The molecule has 0 unspecified atom stereocenters. The van der Waals surface area contributed by atoms with E-state index in [2.05, 4.69) is 79.9 Å². The van der Waals surface area contributed by atoms with Gasteiger partial charge >= 0.3 is 0 Å². The van der Waals surface area contributed by atoms with Gasteiger partial charge in [0.1, 0.15) is 5.82 Å². The van der Waals surface area contributed by atoms with Gasteiger partial charge in [0, 0.05) is 35.7 Å². The number of aromatic nitrogens is 6. The molecule has 2 aliphatic rings. The van der Waals surface area contributed by atoms with Crippen LogP contribution < -0.4 is 5.32 Å². The van der Waals surface area contributed by atoms with E-state index in [9.17, 15) is 0 Å². The van der Waals surface area contributed by atoms with Crippen LogP contribution in [0.25, 0.3) is 11.0 Å². The van der Waals surface area contributed by atoms with Gasteiger partial charge in [0.05, 0.1) is 11.0 Å². The third-order valence-electron chi connectivity index (χ3n) is 7.28. The van der Waals surface area contributed by atoms with Crippen molar-refractivity contribution in [3.8, 4) is 0 Å². The van der Waals surface area contributed by atoms with E-state index >= 15 is 0 Å². The van der Waals surface area contributed by atoms with Crippen molar-refractivity contribution in [2.45, 2.75) is 69.9 Å². The average Bonchev–Trinajstić information content (AvgIpc) is 3.48. The minimum absolute atomic E-state index is 0.423. The Balaban J connectivity index is 1.39. The van der Waals surface area contributed by atoms with Gasteiger partial charge in [-0.2, -0.15) is 0 Å². The van der Waals surface area contributed by atoms with E-state index in [4.69, 9.17) is 4.98 Å². The summed E-state index contributed by atoms with van der Waals surface area (Å²) in [5.41, 5.74) is 6.43. The lowest BCUT2D eigenvalue weighted by molar-refractivity contribution is 0.317. The molecule has 2 N–H and O–H groups in total. The largest absolute Gasteiger partial charge is 0.382 e. The number of benzene rings is 2. The third kappa shape index (κ3) is 3.45. The molecule has 2 aromatic heterocycles. The lowest BCUT2D eigenvalue weighted by Gasteiger charge is -2.30. The lowest BCUT2D eigenvalue weighted by Crippen LogP contribution is -2.22. The van der Waals surface area contributed by atoms with Crippen LogP contribution in [-0.2, 0) is 12.8 Å². The zero-order valence-electron chi connectivity index (χ0n) is 18.5. The first-order chi connectivity index (χ1) is 15.8. The number of aryl methyl sites for hydroxylation is 1. The number of H-pyrrole nitrogens is 1. The fraction of sp³-hybridized carbons (Fsp3) is 0.440. The molecule has 1 atom stereocenters. The highest BCUT2D eigenvalue weighted by molar-refractivity contribution is 5.86. The van der Waals surface area contributed by atoms with Crippen molar-refractivity contribution >= 4 is 16.7 Å². The van der Waals surface area contributed by atoms with Crippen LogP contribution in [0.1, 0.15) is 73.8 Å². The molecule has 7 nitrogen and oxygen atoms in total. The Kier molecular flexibility index (Phi) is 4.89. The number of fused-ring (bicyclic) bond motifs is 3. The summed E-state index contributed by atoms with van der Waals surface area (Å²) in [6.07, 6.45) is 7.53. The smallest absolute Gasteiger partial charge is 0.151 e. The molecule has 164 valence electrons. The van der Waals surface area contributed by atoms with Gasteiger partial charge < -0.3 is 9.88 Å². The maximum absolute atomic E-state index is 5.27. The minimum atomic E-state index is 0.423. The SMILES string of the molecule is C[C@H]1CCc2c(ccc3c2nc(Cc2ccccc2)n3[C@H]2CC[C@H](c3nnn[nH]3)CC2)N1. The summed E-state index contributed by atoms with van der Waals surface area (Å²) in [6.45, 7) is 2.26. The van der Waals surface area contributed by atoms with Crippen LogP contribution in [0, 0.1) is 0 Å². The first-order valence-corrected chi connectivity index (χ1v) is 11.8. The summed E-state index contributed by atoms with van der Waals surface area (Å²) < 4.78 is 2.55. The zero-order valence-corrected chi connectivity index (χ0v) is 18.5. The maximum Gasteiger partial charge on any atom is 0.151 e. The topological polar surface area (TPSA) is 84.3 Å². The van der Waals surface area contributed by atoms with Gasteiger partial charge in [-0.15, -0.1) is 5.10 Å². The number of nitrogens with one attached hydrogen (secondary N) is 2. The Morgan fingerprint density at radius 3 is 2.62 bits per heavy atom. The first-order valence-electron chi connectivity index (χ1n) is 11.8. The Bertz CT molecular complexity index is 1200. The van der Waals surface area contributed by atoms with Crippen molar-refractivity contribution < 1.29 is 0 Å². The van der Waals surface area contributed by atoms with Crippen LogP contribution in [0.4, 0.5) is 5.69 Å². The summed E-state index contributed by atoms with van der Waals surface area (Å²) in [6, 6.07) is 16.3. The minimum Gasteiger partial charge on any atom is -0.382 e. The standard InChI is InChI=1S/C25H29N7/c1-16-7-12-20-21(26-16)13-14-22-24(20)27-23(15-17-5-3-2-4-6-17)32(22)19-10-8-18(9-11-19)25-28-30-31-29-25/h2-6,13-14,16,18-19,26H,7-12,15H2,1H3,(H,28,29,30,31)/t16-,18-,19-/m0/s1. The fourth-order valence-electron chi connectivity index (χ4n) is 5.61. The van der Waals surface area contributed by atoms with Crippen LogP contribution in [0.2, 0.25) is 0 Å². The van der Waals surface area contributed by atoms with E-state index in [-0.39, 0.29) is 0 Å². The van der Waals surface area contributed by atoms with Crippen LogP contribution in [0.5, 0.6) is 0 Å². The Morgan fingerprint density at radius 1 is 1.00 bits per heavy atom. The number of hydrogen-bond donors (Lipinski definition) is 2. The van der Waals surface area contributed by atoms with Gasteiger partial charge in [-0.25, -0.2) is 10.1 Å². The molecule has 0 saturated heterocycles. The van der Waals surface area contributed by atoms with Gasteiger partial charge in [-0.05, 0) is 73.6 Å². The van der Waals surface area contributed by atoms with Gasteiger partial charge in [0.15, 0.2) is 5.82 Å². The Labute approximate surface area is 187 Å². The van der Waals surface area contributed by atoms with Crippen molar-refractivity contribution in [1.29, 1.82) is 0 Å². The molecule has 0 radical (unpaired) electrons. The number of aromatic amines is 1. The second-order valence-corrected chi connectivity index (χ2v) is 9.40. The Morgan fingerprint density at radius 2 is 1.84 bits per heavy atom. The molecular weight excluding hydrogens is 398 g/mol. The van der Waals surface area contributed by atoms with E-state index in [0.29, 0.717) is 18.0 Å². The predicted molar refractivity (Wildman–Crippen MR) is 125 cm³/mol. The average molecular weight is 428 g/mol. The van der Waals surface area contributed by atoms with E-state index in [1.54, 1.807) is 0 Å². The van der Waals surface area contributed by atoms with Crippen LogP contribution in [0.15, 0.2) is 42.5 Å². The van der Waals surface area contributed by atoms with E-state index in [1.807, 2.05) is 0 Å². The van der Waals surface area contributed by atoms with Crippen LogP contribution >= 0.6 is 0 Å². The van der Waals surface area contributed by atoms with Gasteiger partial charge in [0.25, 0.3) is 0 Å². The third-order valence-corrected chi connectivity index (χ3v) is 7.28. The number of rotatable bonds is 4. The van der Waals surface area contributed by atoms with Gasteiger partial charge in [-0.1, -0.05) is 30.3 Å². The van der Waals surface area contributed by atoms with E-state index in [1.165, 1.54) is 33.7 Å². The molecule has 1 fully saturated rings. The molecule has 1 saturated carbocycles. The molecule has 0 amide bonds. The first kappa shape index (κ1) is 19.5. The Hall–Kier alpha value is -3.22. The highest BCUT2D eigenvalue weighted by Gasteiger charge is 2.29. The molecule has 1 aliphatic heterocycles. The predicted octanol–water partition coefficient (Wildman–Crippen LogP) is 4.79.